The van der Waals surface area contributed by atoms with Gasteiger partial charge in [0, 0.05) is 54.9 Å². The third-order valence-corrected chi connectivity index (χ3v) is 7.12. The van der Waals surface area contributed by atoms with Gasteiger partial charge in [0.15, 0.2) is 0 Å². The Balaban J connectivity index is 2.21. The van der Waals surface area contributed by atoms with E-state index >= 15 is 0 Å². The average Bonchev–Trinajstić information content (AvgIpc) is 3.04. The molecule has 0 aliphatic rings. The number of benzene rings is 2. The smallest absolute Gasteiger partial charge is 0.404 e. The maximum absolute atomic E-state index is 14.6. The van der Waals surface area contributed by atoms with E-state index in [0.29, 0.717) is 27.7 Å². The molecule has 0 saturated carbocycles. The van der Waals surface area contributed by atoms with Crippen LogP contribution in [-0.2, 0) is 16.6 Å². The van der Waals surface area contributed by atoms with Crippen molar-refractivity contribution in [2.45, 2.75) is 18.4 Å². The fraction of sp³-hybridized carbons (Fsp3) is 0.227. The number of halogens is 1. The summed E-state index contributed by atoms with van der Waals surface area (Å²) in [5, 5.41) is 22.5. The lowest BCUT2D eigenvalue weighted by molar-refractivity contribution is -0.384. The van der Waals surface area contributed by atoms with Crippen molar-refractivity contribution in [1.82, 2.24) is 14.2 Å². The number of carbonyl (C=O) groups is 1. The van der Waals surface area contributed by atoms with Crippen LogP contribution in [0.4, 0.5) is 14.9 Å². The van der Waals surface area contributed by atoms with Crippen molar-refractivity contribution in [3.63, 3.8) is 0 Å². The lowest BCUT2D eigenvalue weighted by Gasteiger charge is -2.13. The van der Waals surface area contributed by atoms with E-state index in [4.69, 9.17) is 5.11 Å². The number of nitrogens with one attached hydrogen (secondary N) is 1. The summed E-state index contributed by atoms with van der Waals surface area (Å²) < 4.78 is 42.5. The molecule has 0 aliphatic carbocycles. The molecule has 0 saturated heterocycles. The molecule has 0 radical (unpaired) electrons. The molecule has 180 valence electrons. The Hall–Kier alpha value is -3.77. The molecule has 0 bridgehead atoms. The standard InChI is InChI=1S/C22H23FN4O6S/c1-14-21(15-5-4-6-18(11-15)34(32,33)25(2)3)19-12-17(27(30)31)7-8-20(19)26(14)13-16(23)9-10-24-22(28)29/h4-9,11-12,24H,10,13H2,1-3H3,(H,28,29). The number of nitrogens with zero attached hydrogens (tertiary/aromatic N) is 3. The topological polar surface area (TPSA) is 135 Å². The number of fused-ring (bicyclic) bond motifs is 1. The third-order valence-electron chi connectivity index (χ3n) is 5.31. The number of nitro groups is 1. The Kier molecular flexibility index (Phi) is 7.03. The predicted molar refractivity (Wildman–Crippen MR) is 125 cm³/mol. The quantitative estimate of drug-likeness (QED) is 0.363. The Morgan fingerprint density at radius 1 is 1.26 bits per heavy atom. The van der Waals surface area contributed by atoms with Crippen molar-refractivity contribution in [1.29, 1.82) is 0 Å². The number of rotatable bonds is 8. The molecule has 10 nitrogen and oxygen atoms in total. The summed E-state index contributed by atoms with van der Waals surface area (Å²) in [7, 11) is -0.903. The summed E-state index contributed by atoms with van der Waals surface area (Å²) in [6.45, 7) is 1.25. The zero-order chi connectivity index (χ0) is 25.2. The molecule has 0 spiro atoms. The summed E-state index contributed by atoms with van der Waals surface area (Å²) in [5.41, 5.74) is 1.94. The van der Waals surface area contributed by atoms with E-state index in [1.54, 1.807) is 23.6 Å². The third kappa shape index (κ3) is 4.92. The van der Waals surface area contributed by atoms with Crippen LogP contribution in [0.2, 0.25) is 0 Å². The van der Waals surface area contributed by atoms with Gasteiger partial charge in [-0.1, -0.05) is 12.1 Å². The molecule has 1 heterocycles. The molecule has 0 atom stereocenters. The Morgan fingerprint density at radius 3 is 2.59 bits per heavy atom. The molecule has 12 heteroatoms. The van der Waals surface area contributed by atoms with Gasteiger partial charge in [-0.05, 0) is 36.8 Å². The van der Waals surface area contributed by atoms with Gasteiger partial charge in [0.1, 0.15) is 5.83 Å². The highest BCUT2D eigenvalue weighted by Crippen LogP contribution is 2.38. The van der Waals surface area contributed by atoms with Gasteiger partial charge < -0.3 is 15.0 Å². The molecule has 0 aliphatic heterocycles. The van der Waals surface area contributed by atoms with Gasteiger partial charge in [-0.2, -0.15) is 0 Å². The highest BCUT2D eigenvalue weighted by atomic mass is 32.2. The van der Waals surface area contributed by atoms with E-state index in [-0.39, 0.29) is 23.7 Å². The zero-order valence-electron chi connectivity index (χ0n) is 18.6. The molecule has 0 unspecified atom stereocenters. The Bertz CT molecular complexity index is 1410. The first-order valence-corrected chi connectivity index (χ1v) is 11.5. The second-order valence-corrected chi connectivity index (χ2v) is 9.81. The van der Waals surface area contributed by atoms with E-state index in [1.165, 1.54) is 44.4 Å². The largest absolute Gasteiger partial charge is 0.465 e. The Morgan fingerprint density at radius 2 is 1.97 bits per heavy atom. The number of carboxylic acid groups (broad SMARTS) is 1. The maximum Gasteiger partial charge on any atom is 0.404 e. The first-order chi connectivity index (χ1) is 15.9. The molecule has 34 heavy (non-hydrogen) atoms. The number of non-ortho nitro benzene ring substituents is 1. The maximum atomic E-state index is 14.6. The first kappa shape index (κ1) is 24.9. The van der Waals surface area contributed by atoms with Gasteiger partial charge in [-0.15, -0.1) is 0 Å². The highest BCUT2D eigenvalue weighted by molar-refractivity contribution is 7.89. The van der Waals surface area contributed by atoms with Crippen LogP contribution in [0.15, 0.2) is 59.3 Å². The van der Waals surface area contributed by atoms with Crippen LogP contribution in [0.1, 0.15) is 5.69 Å². The van der Waals surface area contributed by atoms with Gasteiger partial charge in [0.25, 0.3) is 5.69 Å². The van der Waals surface area contributed by atoms with Crippen LogP contribution in [-0.4, -0.2) is 54.1 Å². The van der Waals surface area contributed by atoms with E-state index in [0.717, 1.165) is 10.4 Å². The fourth-order valence-electron chi connectivity index (χ4n) is 3.64. The van der Waals surface area contributed by atoms with Gasteiger partial charge in [-0.25, -0.2) is 21.9 Å². The minimum Gasteiger partial charge on any atom is -0.465 e. The second-order valence-electron chi connectivity index (χ2n) is 7.66. The first-order valence-electron chi connectivity index (χ1n) is 10.0. The van der Waals surface area contributed by atoms with Crippen LogP contribution in [0.5, 0.6) is 0 Å². The summed E-state index contributed by atoms with van der Waals surface area (Å²) in [5.74, 6) is -0.609. The number of sulfonamides is 1. The normalized spacial score (nSPS) is 12.3. The number of amides is 1. The van der Waals surface area contributed by atoms with Crippen molar-refractivity contribution in [3.8, 4) is 11.1 Å². The Labute approximate surface area is 195 Å². The number of hydrogen-bond donors (Lipinski definition) is 2. The summed E-state index contributed by atoms with van der Waals surface area (Å²) >= 11 is 0. The van der Waals surface area contributed by atoms with Crippen LogP contribution >= 0.6 is 0 Å². The van der Waals surface area contributed by atoms with Crippen molar-refractivity contribution < 1.29 is 27.6 Å². The fourth-order valence-corrected chi connectivity index (χ4v) is 4.59. The van der Waals surface area contributed by atoms with Crippen molar-refractivity contribution in [3.05, 3.63) is 70.2 Å². The van der Waals surface area contributed by atoms with Crippen molar-refractivity contribution in [2.24, 2.45) is 0 Å². The van der Waals surface area contributed by atoms with Crippen LogP contribution in [0, 0.1) is 17.0 Å². The summed E-state index contributed by atoms with van der Waals surface area (Å²) in [6, 6.07) is 10.4. The lowest BCUT2D eigenvalue weighted by atomic mass is 10.0. The monoisotopic (exact) mass is 490 g/mol. The molecule has 0 fully saturated rings. The second kappa shape index (κ2) is 9.61. The van der Waals surface area contributed by atoms with Gasteiger partial charge in [0.2, 0.25) is 10.0 Å². The van der Waals surface area contributed by atoms with E-state index in [9.17, 15) is 27.7 Å². The number of hydrogen-bond acceptors (Lipinski definition) is 5. The molecule has 2 N–H and O–H groups in total. The molecule has 3 aromatic rings. The van der Waals surface area contributed by atoms with Crippen LogP contribution < -0.4 is 5.32 Å². The molecule has 2 aromatic carbocycles. The van der Waals surface area contributed by atoms with E-state index in [2.05, 4.69) is 0 Å². The molecule has 1 aromatic heterocycles. The van der Waals surface area contributed by atoms with Crippen molar-refractivity contribution in [2.75, 3.05) is 20.6 Å². The van der Waals surface area contributed by atoms with Gasteiger partial charge in [-0.3, -0.25) is 10.1 Å². The highest BCUT2D eigenvalue weighted by Gasteiger charge is 2.22. The predicted octanol–water partition coefficient (Wildman–Crippen LogP) is 3.90. The number of aromatic nitrogens is 1. The minimum absolute atomic E-state index is 0.0477. The molecular weight excluding hydrogens is 467 g/mol. The van der Waals surface area contributed by atoms with E-state index < -0.39 is 26.9 Å². The molecule has 1 amide bonds. The zero-order valence-corrected chi connectivity index (χ0v) is 19.5. The lowest BCUT2D eigenvalue weighted by Crippen LogP contribution is -2.22. The molecular formula is C22H23FN4O6S. The van der Waals surface area contributed by atoms with E-state index in [1.807, 2.05) is 5.32 Å². The number of allylic oxidation sites excluding steroid dienone is 1. The molecule has 3 rings (SSSR count). The number of nitro benzene ring substituents is 1. The average molecular weight is 491 g/mol. The summed E-state index contributed by atoms with van der Waals surface area (Å²) in [4.78, 5) is 21.5. The van der Waals surface area contributed by atoms with Crippen LogP contribution in [0.25, 0.3) is 22.0 Å². The SMILES string of the molecule is Cc1c(-c2cccc(S(=O)(=O)N(C)C)c2)c2cc([N+](=O)[O-])ccc2n1CC(F)=CCNC(=O)O. The van der Waals surface area contributed by atoms with Crippen molar-refractivity contribution >= 4 is 32.7 Å². The summed E-state index contributed by atoms with van der Waals surface area (Å²) in [6.07, 6.45) is -0.192. The minimum atomic E-state index is -3.73. The van der Waals surface area contributed by atoms with Crippen LogP contribution in [0.3, 0.4) is 0 Å². The van der Waals surface area contributed by atoms with Gasteiger partial charge >= 0.3 is 6.09 Å². The van der Waals surface area contributed by atoms with Gasteiger partial charge in [0.05, 0.1) is 16.4 Å².